The maximum Gasteiger partial charge on any atom is 0.339 e. The van der Waals surface area contributed by atoms with E-state index in [1.807, 2.05) is 0 Å². The summed E-state index contributed by atoms with van der Waals surface area (Å²) in [5, 5.41) is 0. The summed E-state index contributed by atoms with van der Waals surface area (Å²) in [5.74, 6) is -1.41. The van der Waals surface area contributed by atoms with Gasteiger partial charge in [-0.05, 0) is 31.0 Å². The third-order valence-electron chi connectivity index (χ3n) is 5.93. The molecule has 2 fully saturated rings. The van der Waals surface area contributed by atoms with E-state index in [9.17, 15) is 22.8 Å². The Bertz CT molecular complexity index is 946. The van der Waals surface area contributed by atoms with E-state index in [2.05, 4.69) is 4.74 Å². The molecule has 1 aromatic carbocycles. The molecule has 0 unspecified atom stereocenters. The highest BCUT2D eigenvalue weighted by atomic mass is 32.2. The lowest BCUT2D eigenvalue weighted by molar-refractivity contribution is -0.137. The molecule has 1 aliphatic carbocycles. The molecule has 170 valence electrons. The van der Waals surface area contributed by atoms with E-state index in [0.717, 1.165) is 45.3 Å². The fraction of sp³-hybridized carbons (Fsp3) is 0.571. The molecular weight excluding hydrogens is 424 g/mol. The molecule has 0 bridgehead atoms. The Morgan fingerprint density at radius 1 is 0.903 bits per heavy atom. The van der Waals surface area contributed by atoms with Crippen LogP contribution in [0.1, 0.15) is 52.8 Å². The van der Waals surface area contributed by atoms with Crippen LogP contribution in [0.4, 0.5) is 0 Å². The number of sulfonamides is 1. The normalized spacial score (nSPS) is 18.5. The van der Waals surface area contributed by atoms with E-state index < -0.39 is 22.0 Å². The quantitative estimate of drug-likeness (QED) is 0.625. The average molecular weight is 453 g/mol. The third-order valence-corrected chi connectivity index (χ3v) is 7.87. The van der Waals surface area contributed by atoms with Crippen molar-refractivity contribution in [2.24, 2.45) is 5.92 Å². The molecule has 1 amide bonds. The molecule has 1 aliphatic heterocycles. The minimum Gasteiger partial charge on any atom is -0.465 e. The summed E-state index contributed by atoms with van der Waals surface area (Å²) in [6.45, 7) is 0.811. The molecule has 0 atom stereocenters. The first-order valence-electron chi connectivity index (χ1n) is 10.4. The second kappa shape index (κ2) is 9.78. The summed E-state index contributed by atoms with van der Waals surface area (Å²) in [4.78, 5) is 38.2. The average Bonchev–Trinajstić information content (AvgIpc) is 2.82. The van der Waals surface area contributed by atoms with Crippen molar-refractivity contribution in [2.75, 3.05) is 40.4 Å². The first-order valence-corrected chi connectivity index (χ1v) is 11.8. The van der Waals surface area contributed by atoms with Gasteiger partial charge in [-0.15, -0.1) is 0 Å². The van der Waals surface area contributed by atoms with Crippen LogP contribution in [0.5, 0.6) is 0 Å². The van der Waals surface area contributed by atoms with Crippen LogP contribution >= 0.6 is 0 Å². The largest absolute Gasteiger partial charge is 0.465 e. The molecule has 1 saturated carbocycles. The number of nitrogens with zero attached hydrogens (tertiary/aromatic N) is 2. The lowest BCUT2D eigenvalue weighted by atomic mass is 9.88. The van der Waals surface area contributed by atoms with Gasteiger partial charge in [0.25, 0.3) is 0 Å². The lowest BCUT2D eigenvalue weighted by Gasteiger charge is -2.36. The Labute approximate surface area is 182 Å². The van der Waals surface area contributed by atoms with E-state index >= 15 is 0 Å². The molecule has 0 aromatic heterocycles. The highest BCUT2D eigenvalue weighted by Gasteiger charge is 2.35. The lowest BCUT2D eigenvalue weighted by Crippen LogP contribution is -2.52. The molecule has 0 radical (unpaired) electrons. The SMILES string of the molecule is COC(=O)c1ccc(C(=O)OC)c(S(=O)(=O)N2CCN(C(=O)C3CCCCC3)CC2)c1. The fourth-order valence-corrected chi connectivity index (χ4v) is 5.78. The van der Waals surface area contributed by atoms with Crippen LogP contribution in [0.15, 0.2) is 23.1 Å². The second-order valence-electron chi connectivity index (χ2n) is 7.76. The van der Waals surface area contributed by atoms with Gasteiger partial charge in [-0.1, -0.05) is 19.3 Å². The number of hydrogen-bond acceptors (Lipinski definition) is 7. The number of benzene rings is 1. The molecule has 9 nitrogen and oxygen atoms in total. The number of piperazine rings is 1. The van der Waals surface area contributed by atoms with Crippen LogP contribution in [-0.4, -0.2) is 75.9 Å². The molecular formula is C21H28N2O7S. The van der Waals surface area contributed by atoms with Crippen LogP contribution in [0.25, 0.3) is 0 Å². The molecule has 31 heavy (non-hydrogen) atoms. The summed E-state index contributed by atoms with van der Waals surface area (Å²) in [7, 11) is -1.76. The Balaban J connectivity index is 1.81. The second-order valence-corrected chi connectivity index (χ2v) is 9.66. The van der Waals surface area contributed by atoms with Gasteiger partial charge < -0.3 is 14.4 Å². The fourth-order valence-electron chi connectivity index (χ4n) is 4.15. The van der Waals surface area contributed by atoms with Crippen LogP contribution in [-0.2, 0) is 24.3 Å². The number of ether oxygens (including phenoxy) is 2. The van der Waals surface area contributed by atoms with E-state index in [1.54, 1.807) is 4.90 Å². The van der Waals surface area contributed by atoms with E-state index in [-0.39, 0.29) is 40.9 Å². The van der Waals surface area contributed by atoms with Crippen molar-refractivity contribution in [2.45, 2.75) is 37.0 Å². The van der Waals surface area contributed by atoms with Crippen LogP contribution in [0.2, 0.25) is 0 Å². The number of carbonyl (C=O) groups is 3. The molecule has 1 aromatic rings. The van der Waals surface area contributed by atoms with Gasteiger partial charge in [0.1, 0.15) is 0 Å². The van der Waals surface area contributed by atoms with Crippen LogP contribution < -0.4 is 0 Å². The maximum atomic E-state index is 13.3. The number of rotatable bonds is 5. The number of methoxy groups -OCH3 is 2. The van der Waals surface area contributed by atoms with Crippen molar-refractivity contribution in [3.63, 3.8) is 0 Å². The Morgan fingerprint density at radius 2 is 1.52 bits per heavy atom. The predicted octanol–water partition coefficient (Wildman–Crippen LogP) is 1.67. The first kappa shape index (κ1) is 23.2. The Kier molecular flexibility index (Phi) is 7.32. The Hall–Kier alpha value is -2.46. The molecule has 3 rings (SSSR count). The predicted molar refractivity (Wildman–Crippen MR) is 111 cm³/mol. The maximum absolute atomic E-state index is 13.3. The van der Waals surface area contributed by atoms with Gasteiger partial charge in [-0.25, -0.2) is 18.0 Å². The zero-order valence-electron chi connectivity index (χ0n) is 17.8. The van der Waals surface area contributed by atoms with E-state index in [0.29, 0.717) is 13.1 Å². The zero-order chi connectivity index (χ0) is 22.6. The molecule has 1 saturated heterocycles. The van der Waals surface area contributed by atoms with Crippen LogP contribution in [0, 0.1) is 5.92 Å². The van der Waals surface area contributed by atoms with Gasteiger partial charge in [0, 0.05) is 32.1 Å². The summed E-state index contributed by atoms with van der Waals surface area (Å²) in [5.41, 5.74) is -0.143. The summed E-state index contributed by atoms with van der Waals surface area (Å²) in [6, 6.07) is 3.69. The zero-order valence-corrected chi connectivity index (χ0v) is 18.7. The third kappa shape index (κ3) is 4.90. The standard InChI is InChI=1S/C21H28N2O7S/c1-29-20(25)16-8-9-17(21(26)30-2)18(14-16)31(27,28)23-12-10-22(11-13-23)19(24)15-6-4-3-5-7-15/h8-9,14-15H,3-7,10-13H2,1-2H3. The van der Waals surface area contributed by atoms with Crippen molar-refractivity contribution >= 4 is 27.9 Å². The minimum absolute atomic E-state index is 0.0137. The van der Waals surface area contributed by atoms with Gasteiger partial charge >= 0.3 is 11.9 Å². The molecule has 10 heteroatoms. The first-order chi connectivity index (χ1) is 14.8. The van der Waals surface area contributed by atoms with Crippen molar-refractivity contribution < 1.29 is 32.3 Å². The summed E-state index contributed by atoms with van der Waals surface area (Å²) in [6.07, 6.45) is 5.04. The van der Waals surface area contributed by atoms with Crippen LogP contribution in [0.3, 0.4) is 0 Å². The van der Waals surface area contributed by atoms with E-state index in [1.165, 1.54) is 23.5 Å². The smallest absolute Gasteiger partial charge is 0.339 e. The summed E-state index contributed by atoms with van der Waals surface area (Å²) >= 11 is 0. The number of carbonyl (C=O) groups excluding carboxylic acids is 3. The minimum atomic E-state index is -4.10. The monoisotopic (exact) mass is 452 g/mol. The van der Waals surface area contributed by atoms with Crippen molar-refractivity contribution in [1.82, 2.24) is 9.21 Å². The van der Waals surface area contributed by atoms with Gasteiger partial charge in [-0.3, -0.25) is 4.79 Å². The highest BCUT2D eigenvalue weighted by Crippen LogP contribution is 2.28. The molecule has 2 aliphatic rings. The Morgan fingerprint density at radius 3 is 2.10 bits per heavy atom. The number of amides is 1. The van der Waals surface area contributed by atoms with Crippen molar-refractivity contribution in [1.29, 1.82) is 0 Å². The molecule has 1 heterocycles. The van der Waals surface area contributed by atoms with Gasteiger partial charge in [-0.2, -0.15) is 4.31 Å². The van der Waals surface area contributed by atoms with E-state index in [4.69, 9.17) is 4.74 Å². The van der Waals surface area contributed by atoms with Gasteiger partial charge in [0.05, 0.1) is 30.2 Å². The molecule has 0 N–H and O–H groups in total. The summed E-state index contributed by atoms with van der Waals surface area (Å²) < 4.78 is 37.3. The topological polar surface area (TPSA) is 110 Å². The number of hydrogen-bond donors (Lipinski definition) is 0. The molecule has 0 spiro atoms. The number of esters is 2. The van der Waals surface area contributed by atoms with Crippen molar-refractivity contribution in [3.8, 4) is 0 Å². The highest BCUT2D eigenvalue weighted by molar-refractivity contribution is 7.89. The van der Waals surface area contributed by atoms with Gasteiger partial charge in [0.15, 0.2) is 0 Å². The van der Waals surface area contributed by atoms with Crippen molar-refractivity contribution in [3.05, 3.63) is 29.3 Å². The van der Waals surface area contributed by atoms with Gasteiger partial charge in [0.2, 0.25) is 15.9 Å².